The number of ether oxygens (including phenoxy) is 2. The van der Waals surface area contributed by atoms with E-state index in [-0.39, 0.29) is 6.54 Å². The van der Waals surface area contributed by atoms with E-state index in [1.165, 1.54) is 11.3 Å². The average molecular weight is 441 g/mol. The molecular weight excluding hydrogens is 412 g/mol. The lowest BCUT2D eigenvalue weighted by Gasteiger charge is -2.15. The Bertz CT molecular complexity index is 955. The van der Waals surface area contributed by atoms with Gasteiger partial charge in [0.25, 0.3) is 0 Å². The monoisotopic (exact) mass is 440 g/mol. The van der Waals surface area contributed by atoms with E-state index in [0.717, 1.165) is 15.4 Å². The van der Waals surface area contributed by atoms with Gasteiger partial charge in [0.1, 0.15) is 0 Å². The number of thiophene rings is 1. The third kappa shape index (κ3) is 6.34. The molecule has 8 nitrogen and oxygen atoms in total. The van der Waals surface area contributed by atoms with Crippen LogP contribution in [0.1, 0.15) is 16.7 Å². The molecule has 0 atom stereocenters. The molecule has 2 rings (SSSR count). The van der Waals surface area contributed by atoms with Gasteiger partial charge in [0.05, 0.1) is 18.6 Å². The number of anilines is 1. The Labute approximate surface area is 176 Å². The fourth-order valence-electron chi connectivity index (χ4n) is 2.66. The number of sulfonamides is 1. The lowest BCUT2D eigenvalue weighted by Crippen LogP contribution is -2.37. The molecule has 0 saturated carbocycles. The number of hydrogen-bond acceptors (Lipinski definition) is 6. The summed E-state index contributed by atoms with van der Waals surface area (Å²) < 4.78 is 38.3. The highest BCUT2D eigenvalue weighted by molar-refractivity contribution is 7.89. The molecular formula is C19H28N4O4S2. The minimum atomic E-state index is -3.52. The number of aryl methyl sites for hydroxylation is 2. The highest BCUT2D eigenvalue weighted by atomic mass is 32.2. The molecule has 1 aromatic carbocycles. The summed E-state index contributed by atoms with van der Waals surface area (Å²) in [5.74, 6) is 1.79. The number of benzene rings is 1. The molecule has 1 aromatic heterocycles. The van der Waals surface area contributed by atoms with Crippen molar-refractivity contribution in [1.29, 1.82) is 0 Å². The largest absolute Gasteiger partial charge is 0.493 e. The fraction of sp³-hybridized carbons (Fsp3) is 0.421. The Morgan fingerprint density at radius 2 is 1.93 bits per heavy atom. The van der Waals surface area contributed by atoms with Crippen molar-refractivity contribution in [3.8, 4) is 11.5 Å². The summed E-state index contributed by atoms with van der Waals surface area (Å²) >= 11 is 1.47. The lowest BCUT2D eigenvalue weighted by atomic mass is 10.2. The van der Waals surface area contributed by atoms with Crippen molar-refractivity contribution in [2.24, 2.45) is 4.99 Å². The Hall–Kier alpha value is -2.30. The number of rotatable bonds is 9. The van der Waals surface area contributed by atoms with Crippen LogP contribution in [-0.2, 0) is 10.0 Å². The highest BCUT2D eigenvalue weighted by Crippen LogP contribution is 2.30. The standard InChI is InChI=1S/C19H28N4O4S2/c1-6-27-17-12-15(7-8-16(17)26-5)23-19(20-4)21-9-10-22-29(24,25)18-11-13(2)28-14(18)3/h7-8,11-12,22H,6,9-10H2,1-5H3,(H2,20,21,23). The average Bonchev–Trinajstić information content (AvgIpc) is 3.03. The summed E-state index contributed by atoms with van der Waals surface area (Å²) in [6.45, 7) is 6.72. The molecule has 0 spiro atoms. The maximum Gasteiger partial charge on any atom is 0.241 e. The van der Waals surface area contributed by atoms with Crippen LogP contribution < -0.4 is 24.8 Å². The molecule has 0 unspecified atom stereocenters. The van der Waals surface area contributed by atoms with Crippen molar-refractivity contribution in [2.45, 2.75) is 25.7 Å². The molecule has 160 valence electrons. The van der Waals surface area contributed by atoms with Gasteiger partial charge in [0, 0.05) is 41.6 Å². The van der Waals surface area contributed by atoms with Crippen molar-refractivity contribution < 1.29 is 17.9 Å². The second-order valence-corrected chi connectivity index (χ2v) is 9.29. The topological polar surface area (TPSA) is 101 Å². The first-order chi connectivity index (χ1) is 13.8. The van der Waals surface area contributed by atoms with Gasteiger partial charge in [-0.25, -0.2) is 13.1 Å². The Morgan fingerprint density at radius 3 is 2.52 bits per heavy atom. The number of hydrogen-bond donors (Lipinski definition) is 3. The van der Waals surface area contributed by atoms with Crippen LogP contribution in [0, 0.1) is 13.8 Å². The number of aliphatic imine (C=N–C) groups is 1. The van der Waals surface area contributed by atoms with Gasteiger partial charge in [0.15, 0.2) is 17.5 Å². The number of guanidine groups is 1. The predicted molar refractivity (Wildman–Crippen MR) is 118 cm³/mol. The first-order valence-corrected chi connectivity index (χ1v) is 11.5. The van der Waals surface area contributed by atoms with Gasteiger partial charge in [0.2, 0.25) is 10.0 Å². The third-order valence-electron chi connectivity index (χ3n) is 3.94. The van der Waals surface area contributed by atoms with E-state index >= 15 is 0 Å². The minimum Gasteiger partial charge on any atom is -0.493 e. The quantitative estimate of drug-likeness (QED) is 0.315. The van der Waals surface area contributed by atoms with Gasteiger partial charge in [-0.3, -0.25) is 4.99 Å². The van der Waals surface area contributed by atoms with Crippen LogP contribution in [0.15, 0.2) is 34.2 Å². The first kappa shape index (κ1) is 23.0. The van der Waals surface area contributed by atoms with E-state index in [0.29, 0.717) is 35.5 Å². The molecule has 0 bridgehead atoms. The van der Waals surface area contributed by atoms with Gasteiger partial charge in [-0.15, -0.1) is 11.3 Å². The highest BCUT2D eigenvalue weighted by Gasteiger charge is 2.18. The zero-order valence-corrected chi connectivity index (χ0v) is 19.0. The molecule has 0 fully saturated rings. The van der Waals surface area contributed by atoms with E-state index in [4.69, 9.17) is 9.47 Å². The molecule has 0 radical (unpaired) electrons. The van der Waals surface area contributed by atoms with E-state index in [1.54, 1.807) is 26.3 Å². The minimum absolute atomic E-state index is 0.226. The zero-order valence-electron chi connectivity index (χ0n) is 17.3. The SMILES string of the molecule is CCOc1cc(NC(=NC)NCCNS(=O)(=O)c2cc(C)sc2C)ccc1OC. The van der Waals surface area contributed by atoms with Crippen LogP contribution in [0.3, 0.4) is 0 Å². The molecule has 1 heterocycles. The second kappa shape index (κ2) is 10.5. The summed E-state index contributed by atoms with van der Waals surface area (Å²) in [5.41, 5.74) is 0.771. The molecule has 0 saturated heterocycles. The number of nitrogens with zero attached hydrogens (tertiary/aromatic N) is 1. The van der Waals surface area contributed by atoms with Gasteiger partial charge < -0.3 is 20.1 Å². The Balaban J connectivity index is 1.91. The van der Waals surface area contributed by atoms with Crippen molar-refractivity contribution in [2.75, 3.05) is 39.2 Å². The molecule has 29 heavy (non-hydrogen) atoms. The Kier molecular flexibility index (Phi) is 8.30. The zero-order chi connectivity index (χ0) is 21.4. The van der Waals surface area contributed by atoms with Crippen molar-refractivity contribution in [3.05, 3.63) is 34.0 Å². The van der Waals surface area contributed by atoms with Gasteiger partial charge in [-0.05, 0) is 39.0 Å². The molecule has 0 aliphatic heterocycles. The maximum absolute atomic E-state index is 12.4. The molecule has 2 aromatic rings. The molecule has 3 N–H and O–H groups in total. The molecule has 10 heteroatoms. The van der Waals surface area contributed by atoms with Crippen LogP contribution in [0.2, 0.25) is 0 Å². The van der Waals surface area contributed by atoms with Crippen molar-refractivity contribution >= 4 is 33.0 Å². The van der Waals surface area contributed by atoms with Gasteiger partial charge in [-0.2, -0.15) is 0 Å². The number of methoxy groups -OCH3 is 1. The summed E-state index contributed by atoms with van der Waals surface area (Å²) in [4.78, 5) is 6.25. The van der Waals surface area contributed by atoms with Crippen LogP contribution in [0.5, 0.6) is 11.5 Å². The fourth-order valence-corrected chi connectivity index (χ4v) is 5.24. The third-order valence-corrected chi connectivity index (χ3v) is 6.63. The second-order valence-electron chi connectivity index (χ2n) is 6.10. The Morgan fingerprint density at radius 1 is 1.17 bits per heavy atom. The van der Waals surface area contributed by atoms with Crippen molar-refractivity contribution in [1.82, 2.24) is 10.0 Å². The van der Waals surface area contributed by atoms with Crippen LogP contribution in [-0.4, -0.2) is 48.2 Å². The summed E-state index contributed by atoms with van der Waals surface area (Å²) in [6.07, 6.45) is 0. The van der Waals surface area contributed by atoms with E-state index < -0.39 is 10.0 Å². The van der Waals surface area contributed by atoms with E-state index in [1.807, 2.05) is 32.9 Å². The summed E-state index contributed by atoms with van der Waals surface area (Å²) in [6, 6.07) is 7.16. The van der Waals surface area contributed by atoms with Crippen LogP contribution in [0.4, 0.5) is 5.69 Å². The van der Waals surface area contributed by atoms with Crippen molar-refractivity contribution in [3.63, 3.8) is 0 Å². The van der Waals surface area contributed by atoms with Gasteiger partial charge in [-0.1, -0.05) is 0 Å². The number of nitrogens with one attached hydrogen (secondary N) is 3. The van der Waals surface area contributed by atoms with Crippen LogP contribution in [0.25, 0.3) is 0 Å². The normalized spacial score (nSPS) is 12.0. The van der Waals surface area contributed by atoms with E-state index in [2.05, 4.69) is 20.3 Å². The maximum atomic E-state index is 12.4. The lowest BCUT2D eigenvalue weighted by molar-refractivity contribution is 0.311. The van der Waals surface area contributed by atoms with Crippen LogP contribution >= 0.6 is 11.3 Å². The summed E-state index contributed by atoms with van der Waals surface area (Å²) in [7, 11) is -0.292. The summed E-state index contributed by atoms with van der Waals surface area (Å²) in [5, 5.41) is 6.23. The first-order valence-electron chi connectivity index (χ1n) is 9.16. The van der Waals surface area contributed by atoms with E-state index in [9.17, 15) is 8.42 Å². The smallest absolute Gasteiger partial charge is 0.241 e. The van der Waals surface area contributed by atoms with Gasteiger partial charge >= 0.3 is 0 Å². The molecule has 0 aliphatic rings. The molecule has 0 aliphatic carbocycles. The molecule has 0 amide bonds. The predicted octanol–water partition coefficient (Wildman–Crippen LogP) is 2.74.